The van der Waals surface area contributed by atoms with Gasteiger partial charge in [-0.25, -0.2) is 9.59 Å². The van der Waals surface area contributed by atoms with Gasteiger partial charge in [0.05, 0.1) is 0 Å². The highest BCUT2D eigenvalue weighted by atomic mass is 16.5. The molecule has 2 aliphatic rings. The van der Waals surface area contributed by atoms with E-state index in [4.69, 9.17) is 4.74 Å². The standard InChI is InChI=1S/C27H32N2O6/c1-17(2)15-23(24(30)29-13-11-27(34,12-14-29)25(31)32)28-26(33)35-16-22-20-9-5-3-7-18(20)19-8-4-6-10-21(19)22/h3-10,17,22-23,34H,11-16H2,1-2H3,(H,28,33)(H,31,32). The van der Waals surface area contributed by atoms with Gasteiger partial charge in [0, 0.05) is 31.8 Å². The highest BCUT2D eigenvalue weighted by Crippen LogP contribution is 2.44. The quantitative estimate of drug-likeness (QED) is 0.560. The maximum Gasteiger partial charge on any atom is 0.407 e. The van der Waals surface area contributed by atoms with Gasteiger partial charge in [-0.05, 0) is 34.6 Å². The van der Waals surface area contributed by atoms with Gasteiger partial charge < -0.3 is 25.2 Å². The van der Waals surface area contributed by atoms with Crippen LogP contribution >= 0.6 is 0 Å². The zero-order valence-electron chi connectivity index (χ0n) is 20.1. The van der Waals surface area contributed by atoms with Crippen molar-refractivity contribution in [1.29, 1.82) is 0 Å². The largest absolute Gasteiger partial charge is 0.479 e. The molecule has 1 heterocycles. The van der Waals surface area contributed by atoms with Crippen LogP contribution in [0, 0.1) is 5.92 Å². The lowest BCUT2D eigenvalue weighted by Gasteiger charge is -2.37. The SMILES string of the molecule is CC(C)CC(NC(=O)OCC1c2ccccc2-c2ccccc21)C(=O)N1CCC(O)(C(=O)O)CC1. The van der Waals surface area contributed by atoms with Crippen LogP contribution in [0.25, 0.3) is 11.1 Å². The fourth-order valence-electron chi connectivity index (χ4n) is 5.01. The second-order valence-electron chi connectivity index (χ2n) is 9.81. The summed E-state index contributed by atoms with van der Waals surface area (Å²) in [5.74, 6) is -1.51. The predicted molar refractivity (Wildman–Crippen MR) is 130 cm³/mol. The molecule has 0 spiro atoms. The molecular formula is C27H32N2O6. The molecule has 0 aromatic heterocycles. The van der Waals surface area contributed by atoms with Crippen molar-refractivity contribution in [3.8, 4) is 11.1 Å². The number of amides is 2. The van der Waals surface area contributed by atoms with E-state index in [1.54, 1.807) is 0 Å². The number of hydrogen-bond donors (Lipinski definition) is 3. The molecule has 4 rings (SSSR count). The predicted octanol–water partition coefficient (Wildman–Crippen LogP) is 3.38. The first-order valence-corrected chi connectivity index (χ1v) is 12.1. The summed E-state index contributed by atoms with van der Waals surface area (Å²) in [5, 5.41) is 22.1. The topological polar surface area (TPSA) is 116 Å². The summed E-state index contributed by atoms with van der Waals surface area (Å²) in [6.45, 7) is 4.29. The monoisotopic (exact) mass is 480 g/mol. The van der Waals surface area contributed by atoms with Gasteiger partial charge in [0.2, 0.25) is 5.91 Å². The Balaban J connectivity index is 1.40. The smallest absolute Gasteiger partial charge is 0.407 e. The van der Waals surface area contributed by atoms with E-state index in [2.05, 4.69) is 17.4 Å². The molecule has 35 heavy (non-hydrogen) atoms. The van der Waals surface area contributed by atoms with Crippen molar-refractivity contribution in [2.45, 2.75) is 50.7 Å². The van der Waals surface area contributed by atoms with Crippen LogP contribution in [0.15, 0.2) is 48.5 Å². The summed E-state index contributed by atoms with van der Waals surface area (Å²) >= 11 is 0. The summed E-state index contributed by atoms with van der Waals surface area (Å²) in [6.07, 6.45) is -0.339. The summed E-state index contributed by atoms with van der Waals surface area (Å²) < 4.78 is 5.62. The van der Waals surface area contributed by atoms with Crippen LogP contribution in [0.3, 0.4) is 0 Å². The first-order valence-electron chi connectivity index (χ1n) is 12.1. The van der Waals surface area contributed by atoms with Crippen molar-refractivity contribution < 1.29 is 29.3 Å². The maximum absolute atomic E-state index is 13.2. The molecule has 0 saturated carbocycles. The van der Waals surface area contributed by atoms with Crippen LogP contribution in [0.1, 0.15) is 50.2 Å². The van der Waals surface area contributed by atoms with Crippen molar-refractivity contribution in [3.05, 3.63) is 59.7 Å². The molecule has 1 aliphatic heterocycles. The highest BCUT2D eigenvalue weighted by molar-refractivity contribution is 5.86. The number of hydrogen-bond acceptors (Lipinski definition) is 5. The Bertz CT molecular complexity index is 1060. The summed E-state index contributed by atoms with van der Waals surface area (Å²) in [7, 11) is 0. The minimum atomic E-state index is -1.81. The average molecular weight is 481 g/mol. The number of likely N-dealkylation sites (tertiary alicyclic amines) is 1. The zero-order chi connectivity index (χ0) is 25.2. The number of aliphatic hydroxyl groups is 1. The number of carbonyl (C=O) groups is 3. The van der Waals surface area contributed by atoms with Gasteiger partial charge in [0.15, 0.2) is 5.60 Å². The van der Waals surface area contributed by atoms with Crippen molar-refractivity contribution >= 4 is 18.0 Å². The Hall–Kier alpha value is -3.39. The Labute approximate surface area is 204 Å². The summed E-state index contributed by atoms with van der Waals surface area (Å²) in [4.78, 5) is 38.7. The molecule has 1 atom stereocenters. The summed E-state index contributed by atoms with van der Waals surface area (Å²) in [6, 6.07) is 15.4. The number of ether oxygens (including phenoxy) is 1. The molecule has 8 heteroatoms. The minimum absolute atomic E-state index is 0.0482. The van der Waals surface area contributed by atoms with E-state index in [-0.39, 0.29) is 50.3 Å². The van der Waals surface area contributed by atoms with Crippen molar-refractivity contribution in [1.82, 2.24) is 10.2 Å². The number of piperidine rings is 1. The Morgan fingerprint density at radius 2 is 1.57 bits per heavy atom. The number of aliphatic carboxylic acids is 1. The van der Waals surface area contributed by atoms with Gasteiger partial charge in [0.1, 0.15) is 12.6 Å². The second-order valence-corrected chi connectivity index (χ2v) is 9.81. The van der Waals surface area contributed by atoms with E-state index in [1.807, 2.05) is 50.2 Å². The van der Waals surface area contributed by atoms with Crippen LogP contribution in [0.5, 0.6) is 0 Å². The number of nitrogens with one attached hydrogen (secondary N) is 1. The van der Waals surface area contributed by atoms with Crippen LogP contribution in [0.4, 0.5) is 4.79 Å². The third-order valence-corrected chi connectivity index (χ3v) is 6.94. The molecule has 0 radical (unpaired) electrons. The van der Waals surface area contributed by atoms with Crippen LogP contribution in [-0.4, -0.2) is 64.4 Å². The number of fused-ring (bicyclic) bond motifs is 3. The first-order chi connectivity index (χ1) is 16.7. The van der Waals surface area contributed by atoms with Crippen LogP contribution < -0.4 is 5.32 Å². The molecule has 3 N–H and O–H groups in total. The van der Waals surface area contributed by atoms with E-state index >= 15 is 0 Å². The van der Waals surface area contributed by atoms with Gasteiger partial charge in [0.25, 0.3) is 0 Å². The first kappa shape index (κ1) is 24.7. The molecule has 2 amide bonds. The molecule has 186 valence electrons. The van der Waals surface area contributed by atoms with Gasteiger partial charge in [-0.2, -0.15) is 0 Å². The van der Waals surface area contributed by atoms with Crippen LogP contribution in [-0.2, 0) is 14.3 Å². The number of carboxylic acids is 1. The van der Waals surface area contributed by atoms with E-state index in [0.29, 0.717) is 6.42 Å². The lowest BCUT2D eigenvalue weighted by molar-refractivity contribution is -0.165. The number of alkyl carbamates (subject to hydrolysis) is 1. The fraction of sp³-hybridized carbons (Fsp3) is 0.444. The molecule has 1 aliphatic carbocycles. The van der Waals surface area contributed by atoms with E-state index in [0.717, 1.165) is 22.3 Å². The molecule has 1 saturated heterocycles. The Morgan fingerprint density at radius 3 is 2.09 bits per heavy atom. The summed E-state index contributed by atoms with van der Waals surface area (Å²) in [5.41, 5.74) is 2.67. The molecule has 2 aromatic carbocycles. The molecule has 1 fully saturated rings. The number of nitrogens with zero attached hydrogens (tertiary/aromatic N) is 1. The third-order valence-electron chi connectivity index (χ3n) is 6.94. The number of rotatable bonds is 7. The Morgan fingerprint density at radius 1 is 1.03 bits per heavy atom. The Kier molecular flexibility index (Phi) is 7.12. The number of carboxylic acid groups (broad SMARTS) is 1. The van der Waals surface area contributed by atoms with Gasteiger partial charge in [-0.1, -0.05) is 62.4 Å². The fourth-order valence-corrected chi connectivity index (χ4v) is 5.01. The normalized spacial score (nSPS) is 17.4. The lowest BCUT2D eigenvalue weighted by atomic mass is 9.91. The van der Waals surface area contributed by atoms with Crippen LogP contribution in [0.2, 0.25) is 0 Å². The minimum Gasteiger partial charge on any atom is -0.479 e. The maximum atomic E-state index is 13.2. The third kappa shape index (κ3) is 5.17. The molecular weight excluding hydrogens is 448 g/mol. The van der Waals surface area contributed by atoms with Crippen molar-refractivity contribution in [2.24, 2.45) is 5.92 Å². The molecule has 0 bridgehead atoms. The van der Waals surface area contributed by atoms with E-state index < -0.39 is 23.7 Å². The van der Waals surface area contributed by atoms with Gasteiger partial charge in [-0.15, -0.1) is 0 Å². The lowest BCUT2D eigenvalue weighted by Crippen LogP contribution is -2.55. The highest BCUT2D eigenvalue weighted by Gasteiger charge is 2.41. The number of carbonyl (C=O) groups excluding carboxylic acids is 2. The van der Waals surface area contributed by atoms with Gasteiger partial charge in [-0.3, -0.25) is 4.79 Å². The zero-order valence-corrected chi connectivity index (χ0v) is 20.1. The van der Waals surface area contributed by atoms with E-state index in [9.17, 15) is 24.6 Å². The molecule has 1 unspecified atom stereocenters. The number of benzene rings is 2. The van der Waals surface area contributed by atoms with E-state index in [1.165, 1.54) is 4.90 Å². The van der Waals surface area contributed by atoms with Crippen molar-refractivity contribution in [2.75, 3.05) is 19.7 Å². The molecule has 2 aromatic rings. The average Bonchev–Trinajstić information content (AvgIpc) is 3.16. The molecule has 8 nitrogen and oxygen atoms in total. The van der Waals surface area contributed by atoms with Gasteiger partial charge >= 0.3 is 12.1 Å². The second kappa shape index (κ2) is 10.1. The van der Waals surface area contributed by atoms with Crippen molar-refractivity contribution in [3.63, 3.8) is 0 Å².